The van der Waals surface area contributed by atoms with Gasteiger partial charge in [0.05, 0.1) is 27.4 Å². The summed E-state index contributed by atoms with van der Waals surface area (Å²) in [7, 11) is 4.93. The van der Waals surface area contributed by atoms with E-state index in [9.17, 15) is 0 Å². The third kappa shape index (κ3) is 5.65. The largest absolute Gasteiger partial charge is 0.493 e. The summed E-state index contributed by atoms with van der Waals surface area (Å²) in [6.07, 6.45) is 2.58. The first kappa shape index (κ1) is 17.3. The van der Waals surface area contributed by atoms with Crippen molar-refractivity contribution in [3.05, 3.63) is 30.4 Å². The molecule has 0 bridgehead atoms. The van der Waals surface area contributed by atoms with Crippen molar-refractivity contribution in [2.24, 2.45) is 0 Å². The van der Waals surface area contributed by atoms with E-state index in [1.165, 1.54) is 0 Å². The highest BCUT2D eigenvalue weighted by molar-refractivity contribution is 5.53. The summed E-state index contributed by atoms with van der Waals surface area (Å²) in [6, 6.07) is 3.90. The lowest BCUT2D eigenvalue weighted by molar-refractivity contribution is 0.199. The van der Waals surface area contributed by atoms with Crippen molar-refractivity contribution < 1.29 is 18.9 Å². The second-order valence-electron chi connectivity index (χ2n) is 4.42. The van der Waals surface area contributed by atoms with Crippen LogP contribution < -0.4 is 19.5 Å². The Morgan fingerprint density at radius 3 is 2.29 bits per heavy atom. The fraction of sp³-hybridized carbons (Fsp3) is 0.500. The predicted octanol–water partition coefficient (Wildman–Crippen LogP) is 2.39. The zero-order chi connectivity index (χ0) is 15.5. The molecule has 0 amide bonds. The van der Waals surface area contributed by atoms with E-state index < -0.39 is 0 Å². The summed E-state index contributed by atoms with van der Waals surface area (Å²) < 4.78 is 21.5. The topological polar surface area (TPSA) is 49.0 Å². The molecule has 0 saturated carbocycles. The molecule has 1 aromatic rings. The molecular formula is C16H25NO4. The number of methoxy groups -OCH3 is 3. The van der Waals surface area contributed by atoms with Crippen molar-refractivity contribution in [1.82, 2.24) is 5.32 Å². The van der Waals surface area contributed by atoms with Gasteiger partial charge in [-0.3, -0.25) is 0 Å². The van der Waals surface area contributed by atoms with Crippen molar-refractivity contribution in [2.45, 2.75) is 13.0 Å². The Bertz CT molecular complexity index is 409. The highest BCUT2D eigenvalue weighted by Crippen LogP contribution is 2.38. The second-order valence-corrected chi connectivity index (χ2v) is 4.42. The first-order chi connectivity index (χ1) is 10.3. The summed E-state index contributed by atoms with van der Waals surface area (Å²) >= 11 is 0. The molecule has 1 N–H and O–H groups in total. The van der Waals surface area contributed by atoms with Gasteiger partial charge in [0.25, 0.3) is 0 Å². The second kappa shape index (κ2) is 10.1. The molecule has 5 heteroatoms. The number of nitrogens with one attached hydrogen (secondary N) is 1. The summed E-state index contributed by atoms with van der Waals surface area (Å²) in [5, 5.41) is 3.29. The molecule has 5 nitrogen and oxygen atoms in total. The average molecular weight is 295 g/mol. The Morgan fingerprint density at radius 2 is 1.76 bits per heavy atom. The summed E-state index contributed by atoms with van der Waals surface area (Å²) in [6.45, 7) is 6.40. The summed E-state index contributed by atoms with van der Waals surface area (Å²) in [4.78, 5) is 0. The summed E-state index contributed by atoms with van der Waals surface area (Å²) in [5.74, 6) is 1.96. The Kier molecular flexibility index (Phi) is 8.31. The lowest BCUT2D eigenvalue weighted by atomic mass is 10.1. The van der Waals surface area contributed by atoms with Crippen molar-refractivity contribution in [3.8, 4) is 17.2 Å². The van der Waals surface area contributed by atoms with Gasteiger partial charge in [-0.05, 0) is 24.1 Å². The van der Waals surface area contributed by atoms with Crippen molar-refractivity contribution >= 4 is 0 Å². The molecule has 21 heavy (non-hydrogen) atoms. The van der Waals surface area contributed by atoms with Crippen LogP contribution in [0.1, 0.15) is 12.0 Å². The van der Waals surface area contributed by atoms with Gasteiger partial charge in [0.2, 0.25) is 5.75 Å². The molecule has 1 aromatic carbocycles. The summed E-state index contributed by atoms with van der Waals surface area (Å²) in [5.41, 5.74) is 1.07. The molecule has 0 aromatic heterocycles. The number of benzene rings is 1. The maximum Gasteiger partial charge on any atom is 0.203 e. The molecule has 118 valence electrons. The quantitative estimate of drug-likeness (QED) is 0.502. The standard InChI is InChI=1S/C16H25NO4/c1-5-6-8-21-16-14(19-3)10-13(11-15(16)20-4)12-17-7-9-18-2/h5,10-11,17H,1,6-9,12H2,2-4H3. The first-order valence-electron chi connectivity index (χ1n) is 6.95. The van der Waals surface area contributed by atoms with Crippen LogP contribution in [-0.2, 0) is 11.3 Å². The minimum absolute atomic E-state index is 0.543. The van der Waals surface area contributed by atoms with E-state index in [0.29, 0.717) is 37.0 Å². The van der Waals surface area contributed by atoms with Crippen LogP contribution in [0.15, 0.2) is 24.8 Å². The normalized spacial score (nSPS) is 10.2. The monoisotopic (exact) mass is 295 g/mol. The van der Waals surface area contributed by atoms with Gasteiger partial charge in [0.1, 0.15) is 0 Å². The Labute approximate surface area is 126 Å². The van der Waals surface area contributed by atoms with E-state index >= 15 is 0 Å². The Morgan fingerprint density at radius 1 is 1.10 bits per heavy atom. The van der Waals surface area contributed by atoms with Crippen LogP contribution in [0.3, 0.4) is 0 Å². The number of hydrogen-bond donors (Lipinski definition) is 1. The van der Waals surface area contributed by atoms with E-state index in [-0.39, 0.29) is 0 Å². The third-order valence-corrected chi connectivity index (χ3v) is 2.90. The average Bonchev–Trinajstić information content (AvgIpc) is 2.52. The molecule has 0 aliphatic heterocycles. The van der Waals surface area contributed by atoms with Crippen molar-refractivity contribution in [1.29, 1.82) is 0 Å². The molecule has 0 fully saturated rings. The highest BCUT2D eigenvalue weighted by atomic mass is 16.5. The Balaban J connectivity index is 2.81. The molecule has 0 atom stereocenters. The van der Waals surface area contributed by atoms with Gasteiger partial charge in [-0.1, -0.05) is 6.08 Å². The van der Waals surface area contributed by atoms with Gasteiger partial charge >= 0.3 is 0 Å². The van der Waals surface area contributed by atoms with Gasteiger partial charge in [0.15, 0.2) is 11.5 Å². The fourth-order valence-corrected chi connectivity index (χ4v) is 1.83. The van der Waals surface area contributed by atoms with Crippen LogP contribution in [0.2, 0.25) is 0 Å². The molecule has 0 saturated heterocycles. The minimum Gasteiger partial charge on any atom is -0.493 e. The van der Waals surface area contributed by atoms with E-state index in [0.717, 1.165) is 18.5 Å². The number of ether oxygens (including phenoxy) is 4. The van der Waals surface area contributed by atoms with E-state index in [2.05, 4.69) is 11.9 Å². The van der Waals surface area contributed by atoms with Crippen LogP contribution >= 0.6 is 0 Å². The lowest BCUT2D eigenvalue weighted by Gasteiger charge is -2.16. The molecular weight excluding hydrogens is 270 g/mol. The van der Waals surface area contributed by atoms with Crippen LogP contribution in [0, 0.1) is 0 Å². The molecule has 0 aliphatic rings. The van der Waals surface area contributed by atoms with Crippen molar-refractivity contribution in [2.75, 3.05) is 41.1 Å². The van der Waals surface area contributed by atoms with Gasteiger partial charge in [-0.15, -0.1) is 6.58 Å². The lowest BCUT2D eigenvalue weighted by Crippen LogP contribution is -2.18. The molecule has 1 rings (SSSR count). The highest BCUT2D eigenvalue weighted by Gasteiger charge is 2.13. The smallest absolute Gasteiger partial charge is 0.203 e. The van der Waals surface area contributed by atoms with Gasteiger partial charge in [-0.2, -0.15) is 0 Å². The molecule has 0 aliphatic carbocycles. The first-order valence-corrected chi connectivity index (χ1v) is 6.95. The van der Waals surface area contributed by atoms with Gasteiger partial charge in [0, 0.05) is 20.2 Å². The van der Waals surface area contributed by atoms with E-state index in [1.807, 2.05) is 18.2 Å². The Hall–Kier alpha value is -1.72. The zero-order valence-electron chi connectivity index (χ0n) is 13.1. The molecule has 0 heterocycles. The van der Waals surface area contributed by atoms with Crippen LogP contribution in [0.4, 0.5) is 0 Å². The minimum atomic E-state index is 0.543. The molecule has 0 radical (unpaired) electrons. The zero-order valence-corrected chi connectivity index (χ0v) is 13.1. The predicted molar refractivity (Wildman–Crippen MR) is 83.4 cm³/mol. The van der Waals surface area contributed by atoms with Crippen LogP contribution in [0.25, 0.3) is 0 Å². The molecule has 0 unspecified atom stereocenters. The van der Waals surface area contributed by atoms with Gasteiger partial charge < -0.3 is 24.3 Å². The third-order valence-electron chi connectivity index (χ3n) is 2.90. The number of rotatable bonds is 11. The number of hydrogen-bond acceptors (Lipinski definition) is 5. The maximum atomic E-state index is 5.73. The fourth-order valence-electron chi connectivity index (χ4n) is 1.83. The van der Waals surface area contributed by atoms with Gasteiger partial charge in [-0.25, -0.2) is 0 Å². The van der Waals surface area contributed by atoms with E-state index in [1.54, 1.807) is 21.3 Å². The molecule has 0 spiro atoms. The maximum absolute atomic E-state index is 5.73. The van der Waals surface area contributed by atoms with Crippen LogP contribution in [0.5, 0.6) is 17.2 Å². The van der Waals surface area contributed by atoms with Crippen LogP contribution in [-0.4, -0.2) is 41.1 Å². The van der Waals surface area contributed by atoms with Crippen molar-refractivity contribution in [3.63, 3.8) is 0 Å². The van der Waals surface area contributed by atoms with E-state index in [4.69, 9.17) is 18.9 Å². The SMILES string of the molecule is C=CCCOc1c(OC)cc(CNCCOC)cc1OC.